The number of nitrogens with two attached hydrogens (primary N) is 1. The van der Waals surface area contributed by atoms with Crippen molar-refractivity contribution < 1.29 is 19.0 Å². The van der Waals surface area contributed by atoms with Crippen LogP contribution in [0.3, 0.4) is 0 Å². The van der Waals surface area contributed by atoms with Gasteiger partial charge in [0.2, 0.25) is 0 Å². The van der Waals surface area contributed by atoms with E-state index in [4.69, 9.17) is 21.1 Å². The van der Waals surface area contributed by atoms with Crippen molar-refractivity contribution in [2.75, 3.05) is 6.61 Å². The highest BCUT2D eigenvalue weighted by Gasteiger charge is 2.40. The Morgan fingerprint density at radius 2 is 2.53 bits per heavy atom. The number of aliphatic hydroxyl groups is 1. The van der Waals surface area contributed by atoms with E-state index in [0.29, 0.717) is 0 Å². The Labute approximate surface area is 107 Å². The number of hydrogen-bond donors (Lipinski definition) is 3. The number of carbonyl (C=O) groups is 1. The van der Waals surface area contributed by atoms with Crippen molar-refractivity contribution in [3.8, 4) is 0 Å². The molecular weight excluding hydrogens is 259 g/mol. The van der Waals surface area contributed by atoms with Gasteiger partial charge in [-0.1, -0.05) is 5.11 Å². The SMILES string of the molecule is [N-]=[N+]=N[C@H]1C[C@H](N2C=C(F)C(N)NC2=O)O[C@@H]1CO. The Morgan fingerprint density at radius 3 is 3.16 bits per heavy atom. The Bertz CT molecular complexity index is 451. The van der Waals surface area contributed by atoms with Crippen LogP contribution in [-0.2, 0) is 4.74 Å². The average molecular weight is 272 g/mol. The largest absolute Gasteiger partial charge is 0.394 e. The zero-order valence-corrected chi connectivity index (χ0v) is 9.81. The Balaban J connectivity index is 2.15. The molecule has 0 aliphatic carbocycles. The molecule has 0 saturated carbocycles. The number of halogens is 1. The summed E-state index contributed by atoms with van der Waals surface area (Å²) < 4.78 is 18.7. The molecule has 4 N–H and O–H groups in total. The molecule has 2 amide bonds. The molecule has 10 heteroatoms. The quantitative estimate of drug-likeness (QED) is 0.375. The molecule has 0 spiro atoms. The number of aliphatic hydroxyl groups excluding tert-OH is 1. The summed E-state index contributed by atoms with van der Waals surface area (Å²) in [6.07, 6.45) is -1.60. The summed E-state index contributed by atoms with van der Waals surface area (Å²) in [7, 11) is 0. The molecule has 4 atom stereocenters. The number of urea groups is 1. The number of hydrogen-bond acceptors (Lipinski definition) is 5. The first-order valence-electron chi connectivity index (χ1n) is 5.59. The highest BCUT2D eigenvalue weighted by Crippen LogP contribution is 2.27. The van der Waals surface area contributed by atoms with Gasteiger partial charge < -0.3 is 20.9 Å². The number of ether oxygens (including phenoxy) is 1. The third-order valence-corrected chi connectivity index (χ3v) is 2.97. The predicted molar refractivity (Wildman–Crippen MR) is 60.8 cm³/mol. The fourth-order valence-electron chi connectivity index (χ4n) is 2.00. The van der Waals surface area contributed by atoms with Gasteiger partial charge in [-0.3, -0.25) is 4.90 Å². The Hall–Kier alpha value is -1.87. The van der Waals surface area contributed by atoms with Crippen LogP contribution >= 0.6 is 0 Å². The molecule has 0 aromatic heterocycles. The molecule has 0 bridgehead atoms. The van der Waals surface area contributed by atoms with Gasteiger partial charge in [0.15, 0.2) is 5.83 Å². The van der Waals surface area contributed by atoms with Crippen LogP contribution in [-0.4, -0.2) is 47.2 Å². The van der Waals surface area contributed by atoms with E-state index in [0.717, 1.165) is 11.1 Å². The molecule has 2 rings (SSSR count). The van der Waals surface area contributed by atoms with E-state index in [1.54, 1.807) is 0 Å². The fourth-order valence-corrected chi connectivity index (χ4v) is 2.00. The van der Waals surface area contributed by atoms with Crippen molar-refractivity contribution in [1.82, 2.24) is 10.2 Å². The molecule has 0 aromatic rings. The molecular formula is C9H13FN6O3. The first-order valence-corrected chi connectivity index (χ1v) is 5.59. The van der Waals surface area contributed by atoms with E-state index in [1.807, 2.05) is 0 Å². The second-order valence-corrected chi connectivity index (χ2v) is 4.17. The second kappa shape index (κ2) is 5.41. The van der Waals surface area contributed by atoms with Gasteiger partial charge in [-0.15, -0.1) is 0 Å². The topological polar surface area (TPSA) is 137 Å². The lowest BCUT2D eigenvalue weighted by atomic mass is 10.1. The molecule has 1 unspecified atom stereocenters. The van der Waals surface area contributed by atoms with E-state index in [1.165, 1.54) is 0 Å². The van der Waals surface area contributed by atoms with Crippen molar-refractivity contribution in [3.63, 3.8) is 0 Å². The highest BCUT2D eigenvalue weighted by atomic mass is 19.1. The summed E-state index contributed by atoms with van der Waals surface area (Å²) in [5, 5.41) is 14.8. The van der Waals surface area contributed by atoms with Gasteiger partial charge in [0.1, 0.15) is 12.4 Å². The van der Waals surface area contributed by atoms with Crippen molar-refractivity contribution in [2.45, 2.75) is 31.0 Å². The van der Waals surface area contributed by atoms with Crippen LogP contribution in [0.5, 0.6) is 0 Å². The number of rotatable bonds is 3. The summed E-state index contributed by atoms with van der Waals surface area (Å²) in [6.45, 7) is -0.360. The van der Waals surface area contributed by atoms with E-state index in [-0.39, 0.29) is 13.0 Å². The van der Waals surface area contributed by atoms with Gasteiger partial charge >= 0.3 is 6.03 Å². The Kier molecular flexibility index (Phi) is 3.86. The summed E-state index contributed by atoms with van der Waals surface area (Å²) in [5.41, 5.74) is 13.7. The number of nitrogens with one attached hydrogen (secondary N) is 1. The minimum absolute atomic E-state index is 0.168. The van der Waals surface area contributed by atoms with Crippen molar-refractivity contribution in [3.05, 3.63) is 22.5 Å². The standard InChI is InChI=1S/C9H13FN6O3/c10-4-2-16(9(18)13-8(4)11)7-1-5(14-15-12)6(3-17)19-7/h2,5-8,17H,1,3,11H2,(H,13,18)/t5-,6+,7+,8?/m0/s1. The van der Waals surface area contributed by atoms with Crippen LogP contribution in [0.4, 0.5) is 9.18 Å². The van der Waals surface area contributed by atoms with E-state index < -0.39 is 36.4 Å². The molecule has 19 heavy (non-hydrogen) atoms. The van der Waals surface area contributed by atoms with Crippen molar-refractivity contribution in [2.24, 2.45) is 10.8 Å². The summed E-state index contributed by atoms with van der Waals surface area (Å²) in [4.78, 5) is 15.3. The van der Waals surface area contributed by atoms with E-state index in [9.17, 15) is 9.18 Å². The minimum atomic E-state index is -1.17. The van der Waals surface area contributed by atoms with Crippen LogP contribution in [0, 0.1) is 0 Å². The first-order chi connectivity index (χ1) is 9.06. The normalized spacial score (nSPS) is 34.6. The van der Waals surface area contributed by atoms with Gasteiger partial charge in [-0.2, -0.15) is 0 Å². The fraction of sp³-hybridized carbons (Fsp3) is 0.667. The number of azide groups is 1. The monoisotopic (exact) mass is 272 g/mol. The van der Waals surface area contributed by atoms with Crippen molar-refractivity contribution in [1.29, 1.82) is 0 Å². The summed E-state index contributed by atoms with van der Waals surface area (Å²) in [5.74, 6) is -0.712. The minimum Gasteiger partial charge on any atom is -0.394 e. The third-order valence-electron chi connectivity index (χ3n) is 2.97. The van der Waals surface area contributed by atoms with E-state index >= 15 is 0 Å². The van der Waals surface area contributed by atoms with Crippen LogP contribution in [0.25, 0.3) is 10.4 Å². The molecule has 104 valence electrons. The number of carbonyl (C=O) groups excluding carboxylic acids is 1. The molecule has 0 aromatic carbocycles. The molecule has 2 aliphatic heterocycles. The van der Waals surface area contributed by atoms with Crippen molar-refractivity contribution >= 4 is 6.03 Å². The maximum absolute atomic E-state index is 13.4. The zero-order chi connectivity index (χ0) is 14.0. The lowest BCUT2D eigenvalue weighted by molar-refractivity contribution is -0.0402. The smallest absolute Gasteiger partial charge is 0.325 e. The second-order valence-electron chi connectivity index (χ2n) is 4.17. The average Bonchev–Trinajstić information content (AvgIpc) is 2.77. The molecule has 0 radical (unpaired) electrons. The highest BCUT2D eigenvalue weighted by molar-refractivity contribution is 5.77. The van der Waals surface area contributed by atoms with Crippen LogP contribution in [0.1, 0.15) is 6.42 Å². The molecule has 1 saturated heterocycles. The summed E-state index contributed by atoms with van der Waals surface area (Å²) >= 11 is 0. The maximum Gasteiger partial charge on any atom is 0.325 e. The molecule has 2 heterocycles. The lowest BCUT2D eigenvalue weighted by Crippen LogP contribution is -2.54. The van der Waals surface area contributed by atoms with E-state index in [2.05, 4.69) is 15.3 Å². The molecule has 9 nitrogen and oxygen atoms in total. The van der Waals surface area contributed by atoms with Gasteiger partial charge in [0.05, 0.1) is 18.8 Å². The van der Waals surface area contributed by atoms with Gasteiger partial charge in [-0.25, -0.2) is 9.18 Å². The molecule has 1 fully saturated rings. The van der Waals surface area contributed by atoms with Crippen LogP contribution in [0.15, 0.2) is 17.1 Å². The predicted octanol–water partition coefficient (Wildman–Crippen LogP) is -0.107. The number of amides is 2. The maximum atomic E-state index is 13.4. The van der Waals surface area contributed by atoms with Crippen LogP contribution in [0.2, 0.25) is 0 Å². The number of nitrogens with zero attached hydrogens (tertiary/aromatic N) is 4. The molecule has 2 aliphatic rings. The summed E-state index contributed by atoms with van der Waals surface area (Å²) in [6, 6.07) is -1.22. The Morgan fingerprint density at radius 1 is 1.79 bits per heavy atom. The third kappa shape index (κ3) is 2.61. The zero-order valence-electron chi connectivity index (χ0n) is 9.81. The van der Waals surface area contributed by atoms with Crippen LogP contribution < -0.4 is 11.1 Å². The lowest BCUT2D eigenvalue weighted by Gasteiger charge is -2.30. The van der Waals surface area contributed by atoms with Gasteiger partial charge in [-0.05, 0) is 5.53 Å². The van der Waals surface area contributed by atoms with Gasteiger partial charge in [0.25, 0.3) is 0 Å². The first kappa shape index (κ1) is 13.6. The van der Waals surface area contributed by atoms with Gasteiger partial charge in [0, 0.05) is 17.5 Å².